The van der Waals surface area contributed by atoms with E-state index < -0.39 is 18.2 Å². The number of ether oxygens (including phenoxy) is 2. The van der Waals surface area contributed by atoms with Crippen LogP contribution < -0.4 is 0 Å². The normalized spacial score (nSPS) is 17.4. The van der Waals surface area contributed by atoms with Gasteiger partial charge in [0.1, 0.15) is 5.82 Å². The Labute approximate surface area is 136 Å². The number of carbonyl (C=O) groups excluding carboxylic acids is 2. The second-order valence-electron chi connectivity index (χ2n) is 4.50. The molecule has 1 unspecified atom stereocenters. The van der Waals surface area contributed by atoms with Crippen molar-refractivity contribution in [1.82, 2.24) is 4.90 Å². The molecule has 1 atom stereocenters. The predicted molar refractivity (Wildman–Crippen MR) is 81.2 cm³/mol. The van der Waals surface area contributed by atoms with E-state index in [2.05, 4.69) is 0 Å². The average molecular weight is 348 g/mol. The lowest BCUT2D eigenvalue weighted by Crippen LogP contribution is -2.40. The van der Waals surface area contributed by atoms with Gasteiger partial charge < -0.3 is 9.47 Å². The largest absolute Gasteiger partial charge is 0.510 e. The van der Waals surface area contributed by atoms with Gasteiger partial charge in [-0.1, -0.05) is 17.7 Å². The summed E-state index contributed by atoms with van der Waals surface area (Å²) >= 11 is 7.36. The van der Waals surface area contributed by atoms with Crippen LogP contribution in [0.15, 0.2) is 18.2 Å². The quantitative estimate of drug-likeness (QED) is 0.783. The first kappa shape index (κ1) is 16.9. The molecule has 1 heterocycles. The summed E-state index contributed by atoms with van der Waals surface area (Å²) < 4.78 is 23.5. The van der Waals surface area contributed by atoms with E-state index in [0.29, 0.717) is 11.6 Å². The molecule has 0 spiro atoms. The van der Waals surface area contributed by atoms with Gasteiger partial charge >= 0.3 is 6.16 Å². The molecule has 120 valence electrons. The van der Waals surface area contributed by atoms with Crippen molar-refractivity contribution in [1.29, 1.82) is 0 Å². The summed E-state index contributed by atoms with van der Waals surface area (Å²) in [7, 11) is 0. The van der Waals surface area contributed by atoms with E-state index in [4.69, 9.17) is 21.1 Å². The maximum atomic E-state index is 13.7. The number of halogens is 2. The Balaban J connectivity index is 2.03. The second kappa shape index (κ2) is 7.69. The molecule has 0 aromatic heterocycles. The Bertz CT molecular complexity index is 552. The first-order valence-corrected chi connectivity index (χ1v) is 8.19. The van der Waals surface area contributed by atoms with Crippen LogP contribution in [-0.4, -0.2) is 41.4 Å². The van der Waals surface area contributed by atoms with Gasteiger partial charge in [0.25, 0.3) is 0 Å². The fourth-order valence-corrected chi connectivity index (χ4v) is 3.26. The van der Waals surface area contributed by atoms with Crippen LogP contribution in [0.25, 0.3) is 0 Å². The van der Waals surface area contributed by atoms with Gasteiger partial charge in [-0.25, -0.2) is 9.18 Å². The van der Waals surface area contributed by atoms with Crippen LogP contribution in [-0.2, 0) is 20.7 Å². The highest BCUT2D eigenvalue weighted by Gasteiger charge is 2.33. The molecule has 5 nitrogen and oxygen atoms in total. The van der Waals surface area contributed by atoms with Crippen molar-refractivity contribution in [3.8, 4) is 0 Å². The van der Waals surface area contributed by atoms with Crippen molar-refractivity contribution in [3.05, 3.63) is 34.6 Å². The SMILES string of the molecule is CCOC(=O)OC1CSCN1C(=O)Cc1c(F)cccc1Cl. The third kappa shape index (κ3) is 4.04. The number of nitrogens with zero attached hydrogens (tertiary/aromatic N) is 1. The van der Waals surface area contributed by atoms with Crippen molar-refractivity contribution in [3.63, 3.8) is 0 Å². The number of carbonyl (C=O) groups is 2. The van der Waals surface area contributed by atoms with Gasteiger partial charge in [0.2, 0.25) is 5.91 Å². The Hall–Kier alpha value is -1.47. The number of benzene rings is 1. The maximum Gasteiger partial charge on any atom is 0.510 e. The zero-order valence-corrected chi connectivity index (χ0v) is 13.5. The topological polar surface area (TPSA) is 55.8 Å². The third-order valence-electron chi connectivity index (χ3n) is 3.04. The van der Waals surface area contributed by atoms with Crippen LogP contribution in [0.1, 0.15) is 12.5 Å². The van der Waals surface area contributed by atoms with E-state index >= 15 is 0 Å². The Morgan fingerprint density at radius 2 is 2.27 bits per heavy atom. The van der Waals surface area contributed by atoms with Gasteiger partial charge in [-0.15, -0.1) is 11.8 Å². The Kier molecular flexibility index (Phi) is 5.90. The molecule has 1 amide bonds. The number of thioether (sulfide) groups is 1. The van der Waals surface area contributed by atoms with Gasteiger partial charge in [-0.3, -0.25) is 9.69 Å². The van der Waals surface area contributed by atoms with Gasteiger partial charge in [-0.05, 0) is 19.1 Å². The fraction of sp³-hybridized carbons (Fsp3) is 0.429. The fourth-order valence-electron chi connectivity index (χ4n) is 1.97. The minimum Gasteiger partial charge on any atom is -0.435 e. The molecule has 22 heavy (non-hydrogen) atoms. The Morgan fingerprint density at radius 3 is 2.95 bits per heavy atom. The second-order valence-corrected chi connectivity index (χ2v) is 5.90. The van der Waals surface area contributed by atoms with Gasteiger partial charge in [0.05, 0.1) is 24.7 Å². The lowest BCUT2D eigenvalue weighted by atomic mass is 10.1. The summed E-state index contributed by atoms with van der Waals surface area (Å²) in [6.45, 7) is 1.85. The molecular formula is C14H15ClFNO4S. The highest BCUT2D eigenvalue weighted by Crippen LogP contribution is 2.25. The molecule has 1 aliphatic heterocycles. The van der Waals surface area contributed by atoms with E-state index in [0.717, 1.165) is 0 Å². The molecule has 1 aromatic carbocycles. The zero-order chi connectivity index (χ0) is 16.1. The molecule has 2 rings (SSSR count). The van der Waals surface area contributed by atoms with Gasteiger partial charge in [0, 0.05) is 10.6 Å². The maximum absolute atomic E-state index is 13.7. The number of amides is 1. The number of rotatable bonds is 4. The summed E-state index contributed by atoms with van der Waals surface area (Å²) in [6.07, 6.45) is -1.71. The first-order valence-electron chi connectivity index (χ1n) is 6.66. The van der Waals surface area contributed by atoms with Crippen LogP contribution >= 0.6 is 23.4 Å². The Morgan fingerprint density at radius 1 is 1.50 bits per heavy atom. The monoisotopic (exact) mass is 347 g/mol. The minimum atomic E-state index is -0.822. The van der Waals surface area contributed by atoms with E-state index in [1.807, 2.05) is 0 Å². The van der Waals surface area contributed by atoms with Crippen LogP contribution in [0, 0.1) is 5.82 Å². The summed E-state index contributed by atoms with van der Waals surface area (Å²) in [5, 5.41) is 0.197. The van der Waals surface area contributed by atoms with Crippen molar-refractivity contribution in [2.24, 2.45) is 0 Å². The molecule has 0 saturated carbocycles. The summed E-state index contributed by atoms with van der Waals surface area (Å²) in [6, 6.07) is 4.25. The summed E-state index contributed by atoms with van der Waals surface area (Å²) in [4.78, 5) is 25.1. The number of hydrogen-bond donors (Lipinski definition) is 0. The first-order chi connectivity index (χ1) is 10.5. The van der Waals surface area contributed by atoms with Crippen molar-refractivity contribution in [2.75, 3.05) is 18.2 Å². The van der Waals surface area contributed by atoms with Crippen molar-refractivity contribution < 1.29 is 23.5 Å². The lowest BCUT2D eigenvalue weighted by molar-refractivity contribution is -0.137. The van der Waals surface area contributed by atoms with Crippen LogP contribution in [0.5, 0.6) is 0 Å². The number of hydrogen-bond acceptors (Lipinski definition) is 5. The van der Waals surface area contributed by atoms with Crippen LogP contribution in [0.2, 0.25) is 5.02 Å². The zero-order valence-electron chi connectivity index (χ0n) is 11.9. The molecule has 0 aliphatic carbocycles. The summed E-state index contributed by atoms with van der Waals surface area (Å²) in [5.41, 5.74) is 0.140. The molecule has 1 aliphatic rings. The minimum absolute atomic E-state index is 0.140. The highest BCUT2D eigenvalue weighted by atomic mass is 35.5. The van der Waals surface area contributed by atoms with Crippen LogP contribution in [0.3, 0.4) is 0 Å². The van der Waals surface area contributed by atoms with Gasteiger partial charge in [0.15, 0.2) is 6.23 Å². The van der Waals surface area contributed by atoms with Crippen molar-refractivity contribution in [2.45, 2.75) is 19.6 Å². The molecule has 1 saturated heterocycles. The van der Waals surface area contributed by atoms with Crippen molar-refractivity contribution >= 4 is 35.4 Å². The average Bonchev–Trinajstić information content (AvgIpc) is 2.91. The van der Waals surface area contributed by atoms with E-state index in [9.17, 15) is 14.0 Å². The molecule has 0 radical (unpaired) electrons. The molecule has 8 heteroatoms. The smallest absolute Gasteiger partial charge is 0.435 e. The lowest BCUT2D eigenvalue weighted by Gasteiger charge is -2.23. The molecule has 1 aromatic rings. The third-order valence-corrected chi connectivity index (χ3v) is 4.38. The van der Waals surface area contributed by atoms with Gasteiger partial charge in [-0.2, -0.15) is 0 Å². The molecule has 0 N–H and O–H groups in total. The summed E-state index contributed by atoms with van der Waals surface area (Å²) in [5.74, 6) is -0.0632. The predicted octanol–water partition coefficient (Wildman–Crippen LogP) is 3.05. The molecule has 1 fully saturated rings. The van der Waals surface area contributed by atoms with E-state index in [-0.39, 0.29) is 29.5 Å². The van der Waals surface area contributed by atoms with E-state index in [1.165, 1.54) is 34.9 Å². The van der Waals surface area contributed by atoms with E-state index in [1.54, 1.807) is 6.92 Å². The molecule has 0 bridgehead atoms. The standard InChI is InChI=1S/C14H15ClFNO4S/c1-2-20-14(19)21-13-7-22-8-17(13)12(18)6-9-10(15)4-3-5-11(9)16/h3-5,13H,2,6-8H2,1H3. The molecular weight excluding hydrogens is 333 g/mol. The van der Waals surface area contributed by atoms with Crippen LogP contribution in [0.4, 0.5) is 9.18 Å². The highest BCUT2D eigenvalue weighted by molar-refractivity contribution is 7.99.